The lowest BCUT2D eigenvalue weighted by atomic mass is 9.97. The maximum absolute atomic E-state index is 12.0. The average molecular weight is 399 g/mol. The summed E-state index contributed by atoms with van der Waals surface area (Å²) < 4.78 is 29.9. The highest BCUT2D eigenvalue weighted by Gasteiger charge is 2.35. The highest BCUT2D eigenvalue weighted by molar-refractivity contribution is 7.90. The lowest BCUT2D eigenvalue weighted by molar-refractivity contribution is 0.507. The van der Waals surface area contributed by atoms with Crippen molar-refractivity contribution in [3.8, 4) is 6.07 Å². The Bertz CT molecular complexity index is 1170. The van der Waals surface area contributed by atoms with E-state index in [-0.39, 0.29) is 24.0 Å². The van der Waals surface area contributed by atoms with Crippen LogP contribution < -0.4 is 0 Å². The molecule has 0 spiro atoms. The average Bonchev–Trinajstić information content (AvgIpc) is 3.37. The fraction of sp³-hybridized carbons (Fsp3) is 0.500. The predicted octanol–water partition coefficient (Wildman–Crippen LogP) is 2.44. The Kier molecular flexibility index (Phi) is 4.85. The van der Waals surface area contributed by atoms with Crippen molar-refractivity contribution < 1.29 is 8.42 Å². The van der Waals surface area contributed by atoms with Crippen molar-refractivity contribution in [3.05, 3.63) is 24.3 Å². The molecule has 0 bridgehead atoms. The number of nitriles is 1. The smallest absolute Gasteiger partial charge is 0.252 e. The van der Waals surface area contributed by atoms with E-state index >= 15 is 0 Å². The highest BCUT2D eigenvalue weighted by atomic mass is 32.2. The van der Waals surface area contributed by atoms with Crippen LogP contribution in [0.2, 0.25) is 0 Å². The van der Waals surface area contributed by atoms with Crippen LogP contribution >= 0.6 is 0 Å². The number of hydrogen-bond donors (Lipinski definition) is 1. The lowest BCUT2D eigenvalue weighted by Crippen LogP contribution is -2.08. The molecular formula is C18H21N7O2S. The first-order valence-corrected chi connectivity index (χ1v) is 10.9. The molecule has 3 heterocycles. The molecule has 4 rings (SSSR count). The molecule has 1 saturated carbocycles. The number of hydrogen-bond acceptors (Lipinski definition) is 6. The summed E-state index contributed by atoms with van der Waals surface area (Å²) in [5.74, 6) is 1.35. The Morgan fingerprint density at radius 1 is 1.43 bits per heavy atom. The number of sulfonamides is 1. The summed E-state index contributed by atoms with van der Waals surface area (Å²) in [4.78, 5) is 7.45. The molecule has 28 heavy (non-hydrogen) atoms. The van der Waals surface area contributed by atoms with E-state index in [0.717, 1.165) is 29.8 Å². The van der Waals surface area contributed by atoms with Crippen LogP contribution in [0.25, 0.3) is 16.8 Å². The highest BCUT2D eigenvalue weighted by Crippen LogP contribution is 2.42. The molecule has 146 valence electrons. The molecule has 3 aromatic rings. The molecule has 3 aromatic heterocycles. The summed E-state index contributed by atoms with van der Waals surface area (Å²) in [6, 6.07) is 3.90. The van der Waals surface area contributed by atoms with Gasteiger partial charge in [-0.3, -0.25) is 4.40 Å². The number of H-pyrrole nitrogens is 1. The molecule has 10 heteroatoms. The zero-order chi connectivity index (χ0) is 19.7. The first-order valence-electron chi connectivity index (χ1n) is 9.30. The van der Waals surface area contributed by atoms with Crippen molar-refractivity contribution in [2.45, 2.75) is 38.5 Å². The van der Waals surface area contributed by atoms with E-state index in [4.69, 9.17) is 5.26 Å². The second-order valence-corrected chi connectivity index (χ2v) is 9.12. The minimum Gasteiger partial charge on any atom is -0.345 e. The molecule has 0 radical (unpaired) electrons. The normalized spacial score (nSPS) is 23.1. The SMILES string of the molecule is C[C@@H]1CC(C=NS(=O)(=O)CCCC#N)C[C@@H]1c1nnc2cnc3[nH]ccc3n12. The van der Waals surface area contributed by atoms with Crippen LogP contribution in [0.4, 0.5) is 0 Å². The van der Waals surface area contributed by atoms with Crippen LogP contribution in [0.15, 0.2) is 22.9 Å². The van der Waals surface area contributed by atoms with Gasteiger partial charge in [0.1, 0.15) is 5.82 Å². The topological polar surface area (TPSA) is 129 Å². The van der Waals surface area contributed by atoms with Crippen LogP contribution in [0.5, 0.6) is 0 Å². The van der Waals surface area contributed by atoms with E-state index in [9.17, 15) is 8.42 Å². The van der Waals surface area contributed by atoms with Gasteiger partial charge in [-0.1, -0.05) is 6.92 Å². The number of rotatable bonds is 6. The number of unbranched alkanes of at least 4 members (excludes halogenated alkanes) is 1. The molecule has 1 aliphatic carbocycles. The van der Waals surface area contributed by atoms with E-state index < -0.39 is 10.0 Å². The van der Waals surface area contributed by atoms with Crippen LogP contribution in [-0.2, 0) is 10.0 Å². The Morgan fingerprint density at radius 2 is 2.29 bits per heavy atom. The second-order valence-electron chi connectivity index (χ2n) is 7.34. The summed E-state index contributed by atoms with van der Waals surface area (Å²) in [7, 11) is -3.51. The number of fused-ring (bicyclic) bond motifs is 3. The van der Waals surface area contributed by atoms with Crippen LogP contribution in [0, 0.1) is 23.2 Å². The van der Waals surface area contributed by atoms with Crippen LogP contribution in [0.1, 0.15) is 44.3 Å². The van der Waals surface area contributed by atoms with Gasteiger partial charge in [-0.25, -0.2) is 13.4 Å². The summed E-state index contributed by atoms with van der Waals surface area (Å²) in [5, 5.41) is 17.2. The van der Waals surface area contributed by atoms with E-state index in [1.54, 1.807) is 12.4 Å². The minimum absolute atomic E-state index is 0.0710. The van der Waals surface area contributed by atoms with Crippen molar-refractivity contribution in [3.63, 3.8) is 0 Å². The first-order chi connectivity index (χ1) is 13.5. The number of nitrogens with zero attached hydrogens (tertiary/aromatic N) is 6. The molecule has 1 unspecified atom stereocenters. The molecule has 0 saturated heterocycles. The molecule has 3 atom stereocenters. The molecular weight excluding hydrogens is 378 g/mol. The Labute approximate surface area is 162 Å². The van der Waals surface area contributed by atoms with E-state index in [1.807, 2.05) is 22.7 Å². The second kappa shape index (κ2) is 7.31. The van der Waals surface area contributed by atoms with Crippen molar-refractivity contribution in [1.29, 1.82) is 5.26 Å². The van der Waals surface area contributed by atoms with Gasteiger partial charge in [0.2, 0.25) is 0 Å². The van der Waals surface area contributed by atoms with E-state index in [2.05, 4.69) is 31.5 Å². The van der Waals surface area contributed by atoms with E-state index in [0.29, 0.717) is 18.0 Å². The lowest BCUT2D eigenvalue weighted by Gasteiger charge is -2.13. The van der Waals surface area contributed by atoms with Gasteiger partial charge in [-0.05, 0) is 37.2 Å². The fourth-order valence-electron chi connectivity index (χ4n) is 3.98. The van der Waals surface area contributed by atoms with Crippen LogP contribution in [-0.4, -0.2) is 45.0 Å². The Morgan fingerprint density at radius 3 is 3.11 bits per heavy atom. The van der Waals surface area contributed by atoms with Gasteiger partial charge >= 0.3 is 0 Å². The van der Waals surface area contributed by atoms with Gasteiger partial charge in [-0.2, -0.15) is 9.66 Å². The fourth-order valence-corrected chi connectivity index (χ4v) is 4.95. The van der Waals surface area contributed by atoms with Crippen molar-refractivity contribution in [2.24, 2.45) is 16.2 Å². The zero-order valence-corrected chi connectivity index (χ0v) is 16.3. The van der Waals surface area contributed by atoms with Gasteiger partial charge in [0.15, 0.2) is 11.3 Å². The third-order valence-corrected chi connectivity index (χ3v) is 6.59. The van der Waals surface area contributed by atoms with Gasteiger partial charge in [-0.15, -0.1) is 10.2 Å². The third kappa shape index (κ3) is 3.49. The first kappa shape index (κ1) is 18.6. The van der Waals surface area contributed by atoms with Gasteiger partial charge in [0.25, 0.3) is 10.0 Å². The zero-order valence-electron chi connectivity index (χ0n) is 15.5. The monoisotopic (exact) mass is 399 g/mol. The Hall–Kier alpha value is -2.80. The van der Waals surface area contributed by atoms with Crippen LogP contribution in [0.3, 0.4) is 0 Å². The molecule has 1 fully saturated rings. The van der Waals surface area contributed by atoms with Crippen molar-refractivity contribution in [1.82, 2.24) is 24.6 Å². The molecule has 0 aromatic carbocycles. The standard InChI is InChI=1S/C18H21N7O2S/c1-12-8-13(10-22-28(26,27)7-3-2-5-19)9-14(12)18-24-23-16-11-21-17-15(25(16)18)4-6-20-17/h4,6,10-14,20H,2-3,7-9H2,1H3/t12-,13?,14+/m1/s1. The summed E-state index contributed by atoms with van der Waals surface area (Å²) in [5.41, 5.74) is 2.41. The van der Waals surface area contributed by atoms with Gasteiger partial charge < -0.3 is 4.98 Å². The maximum atomic E-state index is 12.0. The summed E-state index contributed by atoms with van der Waals surface area (Å²) >= 11 is 0. The molecule has 0 aliphatic heterocycles. The molecule has 0 amide bonds. The third-order valence-electron chi connectivity index (χ3n) is 5.34. The predicted molar refractivity (Wildman–Crippen MR) is 104 cm³/mol. The maximum Gasteiger partial charge on any atom is 0.252 e. The summed E-state index contributed by atoms with van der Waals surface area (Å²) in [6.07, 6.45) is 7.25. The number of aromatic nitrogens is 5. The molecule has 1 N–H and O–H groups in total. The quantitative estimate of drug-likeness (QED) is 0.500. The number of nitrogens with one attached hydrogen (secondary N) is 1. The van der Waals surface area contributed by atoms with Gasteiger partial charge in [0, 0.05) is 24.8 Å². The minimum atomic E-state index is -3.51. The largest absolute Gasteiger partial charge is 0.345 e. The van der Waals surface area contributed by atoms with Gasteiger partial charge in [0.05, 0.1) is 23.5 Å². The molecule has 9 nitrogen and oxygen atoms in total. The number of aromatic amines is 1. The van der Waals surface area contributed by atoms with Crippen molar-refractivity contribution in [2.75, 3.05) is 5.75 Å². The van der Waals surface area contributed by atoms with Crippen molar-refractivity contribution >= 4 is 33.0 Å². The molecule has 1 aliphatic rings. The summed E-state index contributed by atoms with van der Waals surface area (Å²) in [6.45, 7) is 2.15. The van der Waals surface area contributed by atoms with E-state index in [1.165, 1.54) is 0 Å². The Balaban J connectivity index is 1.55.